The first kappa shape index (κ1) is 15.2. The van der Waals surface area contributed by atoms with Crippen LogP contribution in [0.2, 0.25) is 0 Å². The number of carbonyl (C=O) groups excluding carboxylic acids is 2. The molecule has 2 amide bonds. The molecule has 116 valence electrons. The van der Waals surface area contributed by atoms with Gasteiger partial charge in [0.2, 0.25) is 0 Å². The van der Waals surface area contributed by atoms with Crippen molar-refractivity contribution in [1.82, 2.24) is 14.8 Å². The van der Waals surface area contributed by atoms with Gasteiger partial charge in [-0.05, 0) is 26.3 Å². The third-order valence-corrected chi connectivity index (χ3v) is 3.63. The minimum Gasteiger partial charge on any atom is -0.453 e. The molecule has 0 saturated carbocycles. The van der Waals surface area contributed by atoms with E-state index in [9.17, 15) is 9.59 Å². The molecule has 2 rings (SSSR count). The first-order chi connectivity index (χ1) is 9.92. The summed E-state index contributed by atoms with van der Waals surface area (Å²) in [7, 11) is 1.32. The number of amides is 2. The van der Waals surface area contributed by atoms with Crippen molar-refractivity contribution < 1.29 is 14.3 Å². The Morgan fingerprint density at radius 1 is 1.48 bits per heavy atom. The van der Waals surface area contributed by atoms with Gasteiger partial charge in [-0.2, -0.15) is 0 Å². The molecule has 0 radical (unpaired) electrons. The van der Waals surface area contributed by atoms with Crippen LogP contribution in [0.3, 0.4) is 0 Å². The van der Waals surface area contributed by atoms with Crippen LogP contribution in [0.1, 0.15) is 36.8 Å². The summed E-state index contributed by atoms with van der Waals surface area (Å²) in [6, 6.07) is 1.79. The predicted octanol–water partition coefficient (Wildman–Crippen LogP) is 1.22. The molecular formula is C14H22N4O3. The molecule has 0 aromatic carbocycles. The quantitative estimate of drug-likeness (QED) is 0.877. The highest BCUT2D eigenvalue weighted by Crippen LogP contribution is 2.20. The third-order valence-electron chi connectivity index (χ3n) is 3.63. The Labute approximate surface area is 124 Å². The number of carbonyl (C=O) groups is 2. The van der Waals surface area contributed by atoms with Gasteiger partial charge < -0.3 is 25.3 Å². The molecule has 0 aliphatic carbocycles. The summed E-state index contributed by atoms with van der Waals surface area (Å²) in [4.78, 5) is 25.5. The largest absolute Gasteiger partial charge is 0.453 e. The lowest BCUT2D eigenvalue weighted by Crippen LogP contribution is -2.38. The molecule has 1 aromatic rings. The lowest BCUT2D eigenvalue weighted by atomic mass is 10.3. The van der Waals surface area contributed by atoms with Gasteiger partial charge in [0.05, 0.1) is 18.8 Å². The maximum Gasteiger partial charge on any atom is 0.407 e. The standard InChI is InChI=1S/C14H22N4O3/c1-9(2)18-7-10(15)6-12(18)13(19)17-5-4-11(8-17)16-14(20)21-3/h6-7,9,11H,4-5,8,15H2,1-3H3,(H,16,20). The van der Waals surface area contributed by atoms with E-state index in [1.54, 1.807) is 17.2 Å². The number of methoxy groups -OCH3 is 1. The Kier molecular flexibility index (Phi) is 4.40. The van der Waals surface area contributed by atoms with E-state index in [4.69, 9.17) is 5.73 Å². The Morgan fingerprint density at radius 2 is 2.19 bits per heavy atom. The van der Waals surface area contributed by atoms with Crippen LogP contribution in [0.25, 0.3) is 0 Å². The Morgan fingerprint density at radius 3 is 2.81 bits per heavy atom. The highest BCUT2D eigenvalue weighted by Gasteiger charge is 2.30. The summed E-state index contributed by atoms with van der Waals surface area (Å²) < 4.78 is 6.45. The number of anilines is 1. The fourth-order valence-electron chi connectivity index (χ4n) is 2.55. The van der Waals surface area contributed by atoms with E-state index in [2.05, 4.69) is 10.1 Å². The summed E-state index contributed by atoms with van der Waals surface area (Å²) in [5.41, 5.74) is 6.96. The second-order valence-electron chi connectivity index (χ2n) is 5.53. The minimum absolute atomic E-state index is 0.0606. The second-order valence-corrected chi connectivity index (χ2v) is 5.53. The zero-order valence-electron chi connectivity index (χ0n) is 12.6. The van der Waals surface area contributed by atoms with Crippen molar-refractivity contribution >= 4 is 17.7 Å². The monoisotopic (exact) mass is 294 g/mol. The van der Waals surface area contributed by atoms with E-state index in [0.29, 0.717) is 24.5 Å². The third kappa shape index (κ3) is 3.29. The van der Waals surface area contributed by atoms with Gasteiger partial charge in [0.1, 0.15) is 5.69 Å². The van der Waals surface area contributed by atoms with E-state index in [1.165, 1.54) is 7.11 Å². The molecule has 0 bridgehead atoms. The Hall–Kier alpha value is -2.18. The first-order valence-corrected chi connectivity index (χ1v) is 7.03. The Balaban J connectivity index is 2.06. The van der Waals surface area contributed by atoms with Crippen molar-refractivity contribution in [2.24, 2.45) is 0 Å². The van der Waals surface area contributed by atoms with Gasteiger partial charge in [-0.3, -0.25) is 4.79 Å². The number of likely N-dealkylation sites (tertiary alicyclic amines) is 1. The first-order valence-electron chi connectivity index (χ1n) is 7.03. The van der Waals surface area contributed by atoms with Crippen LogP contribution in [0.15, 0.2) is 12.3 Å². The fourth-order valence-corrected chi connectivity index (χ4v) is 2.55. The summed E-state index contributed by atoms with van der Waals surface area (Å²) in [6.45, 7) is 5.09. The lowest BCUT2D eigenvalue weighted by molar-refractivity contribution is 0.0776. The maximum atomic E-state index is 12.6. The van der Waals surface area contributed by atoms with Gasteiger partial charge in [0, 0.05) is 25.3 Å². The molecule has 0 spiro atoms. The number of alkyl carbamates (subject to hydrolysis) is 1. The molecule has 1 saturated heterocycles. The van der Waals surface area contributed by atoms with Crippen molar-refractivity contribution in [1.29, 1.82) is 0 Å². The molecule has 2 heterocycles. The highest BCUT2D eigenvalue weighted by molar-refractivity contribution is 5.94. The molecule has 1 atom stereocenters. The van der Waals surface area contributed by atoms with Gasteiger partial charge in [0.25, 0.3) is 5.91 Å². The van der Waals surface area contributed by atoms with E-state index >= 15 is 0 Å². The smallest absolute Gasteiger partial charge is 0.407 e. The van der Waals surface area contributed by atoms with Gasteiger partial charge >= 0.3 is 6.09 Å². The molecule has 3 N–H and O–H groups in total. The normalized spacial score (nSPS) is 18.1. The number of nitrogens with one attached hydrogen (secondary N) is 1. The topological polar surface area (TPSA) is 89.6 Å². The lowest BCUT2D eigenvalue weighted by Gasteiger charge is -2.19. The molecule has 1 aliphatic rings. The number of hydrogen-bond acceptors (Lipinski definition) is 4. The van der Waals surface area contributed by atoms with Gasteiger partial charge in [-0.1, -0.05) is 0 Å². The van der Waals surface area contributed by atoms with E-state index in [1.807, 2.05) is 18.4 Å². The average molecular weight is 294 g/mol. The number of aromatic nitrogens is 1. The molecular weight excluding hydrogens is 272 g/mol. The van der Waals surface area contributed by atoms with Gasteiger partial charge in [-0.25, -0.2) is 4.79 Å². The van der Waals surface area contributed by atoms with Crippen LogP contribution in [0.5, 0.6) is 0 Å². The molecule has 1 aliphatic heterocycles. The number of nitrogen functional groups attached to an aromatic ring is 1. The molecule has 1 unspecified atom stereocenters. The zero-order valence-corrected chi connectivity index (χ0v) is 12.6. The summed E-state index contributed by atoms with van der Waals surface area (Å²) in [6.07, 6.45) is 2.03. The van der Waals surface area contributed by atoms with Gasteiger partial charge in [0.15, 0.2) is 0 Å². The van der Waals surface area contributed by atoms with Crippen LogP contribution in [-0.2, 0) is 4.74 Å². The fraction of sp³-hybridized carbons (Fsp3) is 0.571. The van der Waals surface area contributed by atoms with E-state index in [0.717, 1.165) is 6.42 Å². The summed E-state index contributed by atoms with van der Waals surface area (Å²) in [5.74, 6) is -0.0606. The average Bonchev–Trinajstić information content (AvgIpc) is 3.04. The SMILES string of the molecule is COC(=O)NC1CCN(C(=O)c2cc(N)cn2C(C)C)C1. The van der Waals surface area contributed by atoms with Crippen LogP contribution >= 0.6 is 0 Å². The number of nitrogens with two attached hydrogens (primary N) is 1. The molecule has 1 aromatic heterocycles. The van der Waals surface area contributed by atoms with Gasteiger partial charge in [-0.15, -0.1) is 0 Å². The Bertz CT molecular complexity index is 538. The van der Waals surface area contributed by atoms with Crippen molar-refractivity contribution in [3.8, 4) is 0 Å². The van der Waals surface area contributed by atoms with E-state index in [-0.39, 0.29) is 18.0 Å². The van der Waals surface area contributed by atoms with Crippen LogP contribution in [0, 0.1) is 0 Å². The van der Waals surface area contributed by atoms with Crippen LogP contribution in [-0.4, -0.2) is 47.7 Å². The molecule has 21 heavy (non-hydrogen) atoms. The van der Waals surface area contributed by atoms with Crippen molar-refractivity contribution in [2.75, 3.05) is 25.9 Å². The van der Waals surface area contributed by atoms with Crippen LogP contribution in [0.4, 0.5) is 10.5 Å². The number of nitrogens with zero attached hydrogens (tertiary/aromatic N) is 2. The maximum absolute atomic E-state index is 12.6. The minimum atomic E-state index is -0.468. The molecule has 7 heteroatoms. The summed E-state index contributed by atoms with van der Waals surface area (Å²) >= 11 is 0. The number of ether oxygens (including phenoxy) is 1. The van der Waals surface area contributed by atoms with Crippen LogP contribution < -0.4 is 11.1 Å². The number of hydrogen-bond donors (Lipinski definition) is 2. The molecule has 7 nitrogen and oxygen atoms in total. The predicted molar refractivity (Wildman–Crippen MR) is 79.1 cm³/mol. The highest BCUT2D eigenvalue weighted by atomic mass is 16.5. The summed E-state index contributed by atoms with van der Waals surface area (Å²) in [5, 5.41) is 2.72. The van der Waals surface area contributed by atoms with Crippen molar-refractivity contribution in [3.63, 3.8) is 0 Å². The van der Waals surface area contributed by atoms with Crippen molar-refractivity contribution in [2.45, 2.75) is 32.4 Å². The second kappa shape index (κ2) is 6.07. The van der Waals surface area contributed by atoms with Crippen molar-refractivity contribution in [3.05, 3.63) is 18.0 Å². The zero-order chi connectivity index (χ0) is 15.6. The molecule has 1 fully saturated rings. The number of rotatable bonds is 3. The van der Waals surface area contributed by atoms with E-state index < -0.39 is 6.09 Å².